The fraction of sp³-hybridized carbons (Fsp3) is 0.412. The Hall–Kier alpha value is -2.35. The number of hydrogen-bond donors (Lipinski definition) is 1. The molecule has 1 aromatic heterocycles. The van der Waals surface area contributed by atoms with Crippen molar-refractivity contribution in [3.8, 4) is 5.69 Å². The van der Waals surface area contributed by atoms with Gasteiger partial charge in [-0.1, -0.05) is 18.2 Å². The van der Waals surface area contributed by atoms with Gasteiger partial charge in [0.05, 0.1) is 17.4 Å². The van der Waals surface area contributed by atoms with E-state index in [1.807, 2.05) is 0 Å². The first kappa shape index (κ1) is 17.5. The van der Waals surface area contributed by atoms with E-state index in [-0.39, 0.29) is 12.6 Å². The number of aromatic nitrogens is 2. The summed E-state index contributed by atoms with van der Waals surface area (Å²) in [5, 5.41) is 3.87. The van der Waals surface area contributed by atoms with Gasteiger partial charge in [-0.05, 0) is 31.4 Å². The Bertz CT molecular complexity index is 784. The monoisotopic (exact) mass is 352 g/mol. The lowest BCUT2D eigenvalue weighted by atomic mass is 10.1. The van der Waals surface area contributed by atoms with E-state index in [2.05, 4.69) is 5.10 Å². The highest BCUT2D eigenvalue weighted by Gasteiger charge is 2.42. The largest absolute Gasteiger partial charge is 0.434 e. The van der Waals surface area contributed by atoms with Gasteiger partial charge in [-0.3, -0.25) is 4.79 Å². The lowest BCUT2D eigenvalue weighted by molar-refractivity contribution is -0.143. The van der Waals surface area contributed by atoms with Crippen molar-refractivity contribution >= 4 is 5.91 Å². The van der Waals surface area contributed by atoms with Crippen LogP contribution in [0.15, 0.2) is 30.5 Å². The molecule has 1 atom stereocenters. The van der Waals surface area contributed by atoms with Gasteiger partial charge in [0.25, 0.3) is 5.91 Å². The van der Waals surface area contributed by atoms with Crippen molar-refractivity contribution in [2.75, 3.05) is 13.1 Å². The Kier molecular flexibility index (Phi) is 4.55. The summed E-state index contributed by atoms with van der Waals surface area (Å²) in [6, 6.07) is 6.40. The van der Waals surface area contributed by atoms with Crippen molar-refractivity contribution in [3.05, 3.63) is 47.3 Å². The fourth-order valence-corrected chi connectivity index (χ4v) is 3.13. The Morgan fingerprint density at radius 2 is 2.04 bits per heavy atom. The minimum atomic E-state index is -4.71. The van der Waals surface area contributed by atoms with Gasteiger partial charge in [0.15, 0.2) is 5.69 Å². The molecule has 2 N–H and O–H groups in total. The number of alkyl halides is 3. The van der Waals surface area contributed by atoms with Crippen LogP contribution >= 0.6 is 0 Å². The third kappa shape index (κ3) is 3.39. The number of benzene rings is 1. The molecular formula is C17H19F3N4O. The Labute approximate surface area is 143 Å². The van der Waals surface area contributed by atoms with E-state index in [1.165, 1.54) is 4.90 Å². The summed E-state index contributed by atoms with van der Waals surface area (Å²) in [5.74, 6) is -0.678. The number of para-hydroxylation sites is 1. The second-order valence-corrected chi connectivity index (χ2v) is 6.26. The van der Waals surface area contributed by atoms with E-state index in [0.29, 0.717) is 24.2 Å². The Morgan fingerprint density at radius 3 is 2.68 bits per heavy atom. The number of carbonyl (C=O) groups excluding carboxylic acids is 1. The summed E-state index contributed by atoms with van der Waals surface area (Å²) in [4.78, 5) is 14.0. The zero-order valence-electron chi connectivity index (χ0n) is 13.8. The maximum Gasteiger partial charge on any atom is 0.434 e. The van der Waals surface area contributed by atoms with Crippen LogP contribution in [0.1, 0.15) is 34.5 Å². The molecule has 3 rings (SSSR count). The summed E-state index contributed by atoms with van der Waals surface area (Å²) in [5.41, 5.74) is 5.28. The number of aryl methyl sites for hydroxylation is 1. The van der Waals surface area contributed by atoms with Gasteiger partial charge in [-0.15, -0.1) is 0 Å². The van der Waals surface area contributed by atoms with Crippen LogP contribution in [0.25, 0.3) is 5.69 Å². The van der Waals surface area contributed by atoms with Crippen molar-refractivity contribution in [3.63, 3.8) is 0 Å². The standard InChI is InChI=1S/C17H19F3N4O/c1-11-5-2-3-7-14(11)24-15(17(18,19)20)13(9-22-24)16(25)23-8-4-6-12(21)10-23/h2-3,5,7,9,12H,4,6,8,10,21H2,1H3/t12-/m0/s1. The number of likely N-dealkylation sites (tertiary alicyclic amines) is 1. The molecule has 0 saturated carbocycles. The second kappa shape index (κ2) is 6.51. The number of amides is 1. The number of nitrogens with two attached hydrogens (primary N) is 1. The molecule has 1 aromatic carbocycles. The fourth-order valence-electron chi connectivity index (χ4n) is 3.13. The first-order valence-electron chi connectivity index (χ1n) is 8.05. The average molecular weight is 352 g/mol. The average Bonchev–Trinajstić information content (AvgIpc) is 2.99. The molecule has 2 heterocycles. The molecule has 1 amide bonds. The van der Waals surface area contributed by atoms with Gasteiger partial charge >= 0.3 is 6.18 Å². The van der Waals surface area contributed by atoms with Gasteiger partial charge in [-0.25, -0.2) is 4.68 Å². The molecule has 1 fully saturated rings. The van der Waals surface area contributed by atoms with Gasteiger partial charge in [0.2, 0.25) is 0 Å². The van der Waals surface area contributed by atoms with Gasteiger partial charge in [-0.2, -0.15) is 18.3 Å². The zero-order valence-corrected chi connectivity index (χ0v) is 13.8. The number of nitrogens with zero attached hydrogens (tertiary/aromatic N) is 3. The van der Waals surface area contributed by atoms with Crippen molar-refractivity contribution in [1.82, 2.24) is 14.7 Å². The van der Waals surface area contributed by atoms with E-state index >= 15 is 0 Å². The lowest BCUT2D eigenvalue weighted by Crippen LogP contribution is -2.46. The van der Waals surface area contributed by atoms with Crippen LogP contribution in [-0.4, -0.2) is 39.7 Å². The van der Waals surface area contributed by atoms with Gasteiger partial charge < -0.3 is 10.6 Å². The van der Waals surface area contributed by atoms with Crippen molar-refractivity contribution in [2.45, 2.75) is 32.0 Å². The number of carbonyl (C=O) groups is 1. The molecule has 0 unspecified atom stereocenters. The van der Waals surface area contributed by atoms with Crippen LogP contribution in [0.2, 0.25) is 0 Å². The highest BCUT2D eigenvalue weighted by molar-refractivity contribution is 5.95. The van der Waals surface area contributed by atoms with Crippen LogP contribution in [0.4, 0.5) is 13.2 Å². The minimum absolute atomic E-state index is 0.210. The quantitative estimate of drug-likeness (QED) is 0.904. The maximum atomic E-state index is 13.7. The SMILES string of the molecule is Cc1ccccc1-n1ncc(C(=O)N2CCC[C@H](N)C2)c1C(F)(F)F. The number of piperidine rings is 1. The normalized spacial score (nSPS) is 18.4. The van der Waals surface area contributed by atoms with Crippen LogP contribution in [-0.2, 0) is 6.18 Å². The molecule has 1 aliphatic heterocycles. The predicted molar refractivity (Wildman–Crippen MR) is 86.4 cm³/mol. The molecule has 0 spiro atoms. The van der Waals surface area contributed by atoms with Gasteiger partial charge in [0, 0.05) is 19.1 Å². The number of rotatable bonds is 2. The third-order valence-corrected chi connectivity index (χ3v) is 4.36. The molecule has 0 radical (unpaired) electrons. The van der Waals surface area contributed by atoms with E-state index in [1.54, 1.807) is 31.2 Å². The lowest BCUT2D eigenvalue weighted by Gasteiger charge is -2.30. The molecule has 0 bridgehead atoms. The van der Waals surface area contributed by atoms with Crippen LogP contribution < -0.4 is 5.73 Å². The molecule has 0 aliphatic carbocycles. The van der Waals surface area contributed by atoms with E-state index in [9.17, 15) is 18.0 Å². The Balaban J connectivity index is 2.06. The third-order valence-electron chi connectivity index (χ3n) is 4.36. The van der Waals surface area contributed by atoms with Gasteiger partial charge in [0.1, 0.15) is 0 Å². The first-order valence-corrected chi connectivity index (χ1v) is 8.05. The highest BCUT2D eigenvalue weighted by atomic mass is 19.4. The van der Waals surface area contributed by atoms with E-state index in [0.717, 1.165) is 17.3 Å². The van der Waals surface area contributed by atoms with Crippen molar-refractivity contribution in [2.24, 2.45) is 5.73 Å². The van der Waals surface area contributed by atoms with Crippen LogP contribution in [0.5, 0.6) is 0 Å². The molecular weight excluding hydrogens is 333 g/mol. The molecule has 5 nitrogen and oxygen atoms in total. The molecule has 8 heteroatoms. The van der Waals surface area contributed by atoms with Crippen LogP contribution in [0.3, 0.4) is 0 Å². The summed E-state index contributed by atoms with van der Waals surface area (Å²) in [7, 11) is 0. The summed E-state index contributed by atoms with van der Waals surface area (Å²) < 4.78 is 41.9. The second-order valence-electron chi connectivity index (χ2n) is 6.26. The highest BCUT2D eigenvalue weighted by Crippen LogP contribution is 2.35. The first-order chi connectivity index (χ1) is 11.8. The topological polar surface area (TPSA) is 64.2 Å². The van der Waals surface area contributed by atoms with E-state index in [4.69, 9.17) is 5.73 Å². The maximum absolute atomic E-state index is 13.7. The number of halogens is 3. The van der Waals surface area contributed by atoms with Crippen LogP contribution in [0, 0.1) is 6.92 Å². The smallest absolute Gasteiger partial charge is 0.337 e. The summed E-state index contributed by atoms with van der Waals surface area (Å²) in [6.45, 7) is 2.35. The van der Waals surface area contributed by atoms with Crippen molar-refractivity contribution in [1.29, 1.82) is 0 Å². The molecule has 2 aromatic rings. The predicted octanol–water partition coefficient (Wildman–Crippen LogP) is 2.76. The minimum Gasteiger partial charge on any atom is -0.337 e. The van der Waals surface area contributed by atoms with Crippen molar-refractivity contribution < 1.29 is 18.0 Å². The molecule has 1 aliphatic rings. The molecule has 25 heavy (non-hydrogen) atoms. The van der Waals surface area contributed by atoms with E-state index < -0.39 is 23.3 Å². The summed E-state index contributed by atoms with van der Waals surface area (Å²) >= 11 is 0. The molecule has 134 valence electrons. The summed E-state index contributed by atoms with van der Waals surface area (Å²) in [6.07, 6.45) is -2.27. The number of hydrogen-bond acceptors (Lipinski definition) is 3. The Morgan fingerprint density at radius 1 is 1.32 bits per heavy atom. The molecule has 1 saturated heterocycles. The zero-order chi connectivity index (χ0) is 18.2.